The molecule has 1 N–H and O–H groups in total. The summed E-state index contributed by atoms with van der Waals surface area (Å²) in [6, 6.07) is 4.75. The molecule has 2 aromatic rings. The van der Waals surface area contributed by atoms with Crippen molar-refractivity contribution in [3.05, 3.63) is 51.2 Å². The number of aliphatic hydroxyl groups excluding tert-OH is 1. The minimum Gasteiger partial charge on any atom is -0.389 e. The van der Waals surface area contributed by atoms with Crippen LogP contribution in [0.4, 0.5) is 4.39 Å². The molecule has 3 rings (SSSR count). The molecule has 0 spiro atoms. The third-order valence-corrected chi connectivity index (χ3v) is 5.38. The predicted octanol–water partition coefficient (Wildman–Crippen LogP) is 4.62. The van der Waals surface area contributed by atoms with Crippen LogP contribution in [0.5, 0.6) is 0 Å². The van der Waals surface area contributed by atoms with Crippen LogP contribution < -0.4 is 0 Å². The Labute approximate surface area is 151 Å². The molecule has 0 fully saturated rings. The fourth-order valence-corrected chi connectivity index (χ4v) is 4.06. The Kier molecular flexibility index (Phi) is 5.11. The van der Waals surface area contributed by atoms with Gasteiger partial charge in [0, 0.05) is 16.5 Å². The highest BCUT2D eigenvalue weighted by atomic mass is 32.1. The molecule has 1 aromatic heterocycles. The van der Waals surface area contributed by atoms with E-state index in [0.717, 1.165) is 39.7 Å². The van der Waals surface area contributed by atoms with Gasteiger partial charge in [0.1, 0.15) is 11.9 Å². The molecule has 2 heterocycles. The quantitative estimate of drug-likeness (QED) is 0.791. The molecular formula is C19H23FN3OS+. The number of hydrogen-bond acceptors (Lipinski definition) is 4. The second kappa shape index (κ2) is 7.14. The van der Waals surface area contributed by atoms with E-state index in [0.29, 0.717) is 5.56 Å². The summed E-state index contributed by atoms with van der Waals surface area (Å²) in [5.41, 5.74) is 3.34. The molecule has 1 aliphatic heterocycles. The van der Waals surface area contributed by atoms with Gasteiger partial charge in [0.25, 0.3) is 0 Å². The molecule has 0 aliphatic carbocycles. The topological polar surface area (TPSA) is 48.5 Å². The average molecular weight is 360 g/mol. The molecule has 6 heteroatoms. The highest BCUT2D eigenvalue weighted by Crippen LogP contribution is 2.35. The highest BCUT2D eigenvalue weighted by molar-refractivity contribution is 7.12. The van der Waals surface area contributed by atoms with E-state index >= 15 is 0 Å². The molecule has 0 bridgehead atoms. The normalized spacial score (nSPS) is 18.2. The molecular weight excluding hydrogens is 337 g/mol. The second-order valence-electron chi connectivity index (χ2n) is 6.36. The Hall–Kier alpha value is -1.92. The summed E-state index contributed by atoms with van der Waals surface area (Å²) in [5, 5.41) is 15.6. The number of nitrogens with zero attached hydrogens (tertiary/aromatic N) is 3. The maximum Gasteiger partial charge on any atom is 0.211 e. The number of aryl methyl sites for hydroxylation is 1. The van der Waals surface area contributed by atoms with Crippen LogP contribution in [-0.4, -0.2) is 27.9 Å². The van der Waals surface area contributed by atoms with E-state index in [1.807, 2.05) is 18.7 Å². The standard InChI is InChI=1S/C19H23FN3OS/c1-5-14-9-15(23(4)22-14)10-18-19(21-12(3)25-18)16-7-6-13(20)8-17(16)11(2)24/h6-9,11,14,24H,5,10H2,1-4H3/q+1/t11-,14?/m1/s1. The molecule has 0 amide bonds. The molecule has 25 heavy (non-hydrogen) atoms. The third-order valence-electron chi connectivity index (χ3n) is 4.41. The van der Waals surface area contributed by atoms with Crippen LogP contribution in [0.25, 0.3) is 11.3 Å². The fraction of sp³-hybridized carbons (Fsp3) is 0.421. The molecule has 1 aromatic carbocycles. The zero-order chi connectivity index (χ0) is 18.1. The molecule has 2 atom stereocenters. The van der Waals surface area contributed by atoms with E-state index in [1.54, 1.807) is 24.3 Å². The Balaban J connectivity index is 2.02. The van der Waals surface area contributed by atoms with Gasteiger partial charge in [-0.25, -0.2) is 9.37 Å². The van der Waals surface area contributed by atoms with E-state index in [4.69, 9.17) is 0 Å². The van der Waals surface area contributed by atoms with Crippen molar-refractivity contribution in [1.82, 2.24) is 4.98 Å². The van der Waals surface area contributed by atoms with Crippen LogP contribution in [0.2, 0.25) is 0 Å². The van der Waals surface area contributed by atoms with Crippen molar-refractivity contribution in [3.63, 3.8) is 0 Å². The molecule has 132 valence electrons. The summed E-state index contributed by atoms with van der Waals surface area (Å²) >= 11 is 1.64. The van der Waals surface area contributed by atoms with Crippen LogP contribution in [0, 0.1) is 12.7 Å². The molecule has 4 nitrogen and oxygen atoms in total. The van der Waals surface area contributed by atoms with Gasteiger partial charge < -0.3 is 5.11 Å². The number of halogens is 1. The van der Waals surface area contributed by atoms with Crippen LogP contribution in [0.3, 0.4) is 0 Å². The van der Waals surface area contributed by atoms with E-state index in [1.165, 1.54) is 12.1 Å². The maximum absolute atomic E-state index is 13.6. The molecule has 0 radical (unpaired) electrons. The lowest BCUT2D eigenvalue weighted by atomic mass is 9.99. The van der Waals surface area contributed by atoms with Crippen LogP contribution in [-0.2, 0) is 6.42 Å². The number of hydrogen-bond donors (Lipinski definition) is 1. The van der Waals surface area contributed by atoms with Crippen molar-refractivity contribution in [2.75, 3.05) is 7.05 Å². The zero-order valence-electron chi connectivity index (χ0n) is 15.0. The minimum absolute atomic E-state index is 0.233. The Morgan fingerprint density at radius 3 is 2.80 bits per heavy atom. The van der Waals surface area contributed by atoms with Gasteiger partial charge in [0.2, 0.25) is 5.70 Å². The summed E-state index contributed by atoms with van der Waals surface area (Å²) in [6.07, 6.45) is 3.15. The Morgan fingerprint density at radius 2 is 2.16 bits per heavy atom. The van der Waals surface area contributed by atoms with Gasteiger partial charge in [-0.15, -0.1) is 11.3 Å². The van der Waals surface area contributed by atoms with E-state index in [9.17, 15) is 9.50 Å². The van der Waals surface area contributed by atoms with Gasteiger partial charge in [-0.1, -0.05) is 11.6 Å². The van der Waals surface area contributed by atoms with Crippen molar-refractivity contribution in [1.29, 1.82) is 0 Å². The SMILES string of the molecule is CCC1C=C(Cc2sc(C)nc2-c2ccc(F)cc2[C@@H](C)O)[N+](C)=N1. The van der Waals surface area contributed by atoms with Crippen molar-refractivity contribution >= 4 is 11.3 Å². The van der Waals surface area contributed by atoms with Gasteiger partial charge in [0.05, 0.1) is 23.2 Å². The zero-order valence-corrected chi connectivity index (χ0v) is 15.8. The van der Waals surface area contributed by atoms with Crippen molar-refractivity contribution in [2.24, 2.45) is 5.11 Å². The monoisotopic (exact) mass is 360 g/mol. The third kappa shape index (κ3) is 3.70. The van der Waals surface area contributed by atoms with Gasteiger partial charge in [-0.2, -0.15) is 0 Å². The smallest absolute Gasteiger partial charge is 0.211 e. The number of aliphatic hydroxyl groups is 1. The first-order valence-electron chi connectivity index (χ1n) is 8.48. The summed E-state index contributed by atoms with van der Waals surface area (Å²) in [4.78, 5) is 5.78. The van der Waals surface area contributed by atoms with Gasteiger partial charge in [0.15, 0.2) is 7.05 Å². The Bertz CT molecular complexity index is 854. The van der Waals surface area contributed by atoms with Gasteiger partial charge in [-0.3, -0.25) is 0 Å². The first-order valence-corrected chi connectivity index (χ1v) is 9.30. The number of likely N-dealkylation sites (N-methyl/N-ethyl adjacent to an activating group) is 1. The number of thiazole rings is 1. The lowest BCUT2D eigenvalue weighted by Gasteiger charge is -2.12. The summed E-state index contributed by atoms with van der Waals surface area (Å²) in [6.45, 7) is 5.74. The average Bonchev–Trinajstić information content (AvgIpc) is 3.10. The van der Waals surface area contributed by atoms with Crippen LogP contribution in [0.1, 0.15) is 41.8 Å². The maximum atomic E-state index is 13.6. The Morgan fingerprint density at radius 1 is 1.40 bits per heavy atom. The number of rotatable bonds is 5. The van der Waals surface area contributed by atoms with E-state index in [-0.39, 0.29) is 11.9 Å². The van der Waals surface area contributed by atoms with Gasteiger partial charge >= 0.3 is 0 Å². The summed E-state index contributed by atoms with van der Waals surface area (Å²) in [7, 11) is 1.97. The van der Waals surface area contributed by atoms with Crippen molar-refractivity contribution in [3.8, 4) is 11.3 Å². The van der Waals surface area contributed by atoms with Crippen LogP contribution in [0.15, 0.2) is 35.1 Å². The fourth-order valence-electron chi connectivity index (χ4n) is 3.09. The molecule has 1 unspecified atom stereocenters. The number of allylic oxidation sites excluding steroid dienone is 1. The summed E-state index contributed by atoms with van der Waals surface area (Å²) < 4.78 is 15.6. The minimum atomic E-state index is -0.756. The predicted molar refractivity (Wildman–Crippen MR) is 97.4 cm³/mol. The molecule has 1 aliphatic rings. The summed E-state index contributed by atoms with van der Waals surface area (Å²) in [5.74, 6) is -0.351. The molecule has 0 saturated carbocycles. The number of benzene rings is 1. The lowest BCUT2D eigenvalue weighted by molar-refractivity contribution is -0.514. The largest absolute Gasteiger partial charge is 0.389 e. The number of azo groups is 2. The first-order chi connectivity index (χ1) is 11.9. The van der Waals surface area contributed by atoms with E-state index < -0.39 is 6.10 Å². The van der Waals surface area contributed by atoms with Gasteiger partial charge in [-0.05, 0) is 49.1 Å². The first kappa shape index (κ1) is 17.9. The number of aromatic nitrogens is 1. The van der Waals surface area contributed by atoms with Crippen molar-refractivity contribution in [2.45, 2.75) is 45.8 Å². The lowest BCUT2D eigenvalue weighted by Crippen LogP contribution is -2.03. The van der Waals surface area contributed by atoms with Crippen molar-refractivity contribution < 1.29 is 14.2 Å². The molecule has 0 saturated heterocycles. The van der Waals surface area contributed by atoms with E-state index in [2.05, 4.69) is 23.1 Å². The van der Waals surface area contributed by atoms with Crippen LogP contribution >= 0.6 is 11.3 Å². The second-order valence-corrected chi connectivity index (χ2v) is 7.65. The highest BCUT2D eigenvalue weighted by Gasteiger charge is 2.26.